The SMILES string of the molecule is COc1cccc(C(C)NC(=S)Nc2cccc(F)c2)c1. The number of thiocarbonyl (C=S) groups is 1. The van der Waals surface area contributed by atoms with Gasteiger partial charge < -0.3 is 15.4 Å². The Balaban J connectivity index is 1.98. The normalized spacial score (nSPS) is 11.6. The minimum atomic E-state index is -0.302. The molecule has 0 saturated carbocycles. The molecule has 5 heteroatoms. The molecule has 0 spiro atoms. The van der Waals surface area contributed by atoms with E-state index in [-0.39, 0.29) is 11.9 Å². The molecule has 2 N–H and O–H groups in total. The van der Waals surface area contributed by atoms with Gasteiger partial charge in [0.15, 0.2) is 5.11 Å². The highest BCUT2D eigenvalue weighted by Gasteiger charge is 2.08. The number of hydrogen-bond donors (Lipinski definition) is 2. The third kappa shape index (κ3) is 4.43. The fourth-order valence-corrected chi connectivity index (χ4v) is 2.22. The van der Waals surface area contributed by atoms with E-state index in [0.29, 0.717) is 10.8 Å². The smallest absolute Gasteiger partial charge is 0.171 e. The Bertz CT molecular complexity index is 633. The van der Waals surface area contributed by atoms with Crippen LogP contribution >= 0.6 is 12.2 Å². The molecule has 21 heavy (non-hydrogen) atoms. The highest BCUT2D eigenvalue weighted by Crippen LogP contribution is 2.19. The first-order chi connectivity index (χ1) is 10.1. The topological polar surface area (TPSA) is 33.3 Å². The van der Waals surface area contributed by atoms with Crippen LogP contribution in [0.3, 0.4) is 0 Å². The number of methoxy groups -OCH3 is 1. The monoisotopic (exact) mass is 304 g/mol. The Labute approximate surface area is 129 Å². The van der Waals surface area contributed by atoms with E-state index in [1.807, 2.05) is 31.2 Å². The molecular formula is C16H17FN2OS. The number of nitrogens with one attached hydrogen (secondary N) is 2. The Morgan fingerprint density at radius 3 is 2.67 bits per heavy atom. The van der Waals surface area contributed by atoms with Gasteiger partial charge in [0.05, 0.1) is 13.2 Å². The molecule has 0 radical (unpaired) electrons. The molecular weight excluding hydrogens is 287 g/mol. The van der Waals surface area contributed by atoms with Crippen molar-refractivity contribution < 1.29 is 9.13 Å². The van der Waals surface area contributed by atoms with E-state index in [4.69, 9.17) is 17.0 Å². The zero-order valence-corrected chi connectivity index (χ0v) is 12.7. The summed E-state index contributed by atoms with van der Waals surface area (Å²) >= 11 is 5.24. The number of rotatable bonds is 4. The van der Waals surface area contributed by atoms with Gasteiger partial charge in [0, 0.05) is 5.69 Å². The second kappa shape index (κ2) is 7.04. The second-order valence-electron chi connectivity index (χ2n) is 4.61. The summed E-state index contributed by atoms with van der Waals surface area (Å²) in [7, 11) is 1.63. The van der Waals surface area contributed by atoms with Gasteiger partial charge in [-0.1, -0.05) is 18.2 Å². The first kappa shape index (κ1) is 15.3. The van der Waals surface area contributed by atoms with E-state index in [1.54, 1.807) is 19.2 Å². The fraction of sp³-hybridized carbons (Fsp3) is 0.188. The van der Waals surface area contributed by atoms with Gasteiger partial charge in [0.25, 0.3) is 0 Å². The van der Waals surface area contributed by atoms with Crippen LogP contribution in [-0.2, 0) is 0 Å². The lowest BCUT2D eigenvalue weighted by molar-refractivity contribution is 0.413. The van der Waals surface area contributed by atoms with E-state index in [1.165, 1.54) is 12.1 Å². The maximum atomic E-state index is 13.1. The van der Waals surface area contributed by atoms with Crippen molar-refractivity contribution in [3.63, 3.8) is 0 Å². The highest BCUT2D eigenvalue weighted by molar-refractivity contribution is 7.80. The fourth-order valence-electron chi connectivity index (χ4n) is 1.92. The van der Waals surface area contributed by atoms with Crippen molar-refractivity contribution in [2.24, 2.45) is 0 Å². The van der Waals surface area contributed by atoms with Gasteiger partial charge in [-0.2, -0.15) is 0 Å². The van der Waals surface area contributed by atoms with Crippen molar-refractivity contribution in [3.05, 3.63) is 59.9 Å². The van der Waals surface area contributed by atoms with Crippen molar-refractivity contribution >= 4 is 23.0 Å². The first-order valence-corrected chi connectivity index (χ1v) is 6.96. The van der Waals surface area contributed by atoms with Crippen LogP contribution in [0.1, 0.15) is 18.5 Å². The molecule has 0 aromatic heterocycles. The summed E-state index contributed by atoms with van der Waals surface area (Å²) in [6, 6.07) is 13.9. The largest absolute Gasteiger partial charge is 0.497 e. The maximum absolute atomic E-state index is 13.1. The molecule has 0 fully saturated rings. The molecule has 0 amide bonds. The van der Waals surface area contributed by atoms with E-state index in [2.05, 4.69) is 10.6 Å². The molecule has 2 aromatic rings. The highest BCUT2D eigenvalue weighted by atomic mass is 32.1. The minimum absolute atomic E-state index is 0.00802. The van der Waals surface area contributed by atoms with Crippen LogP contribution in [-0.4, -0.2) is 12.2 Å². The van der Waals surface area contributed by atoms with Gasteiger partial charge in [-0.25, -0.2) is 4.39 Å². The van der Waals surface area contributed by atoms with Crippen molar-refractivity contribution in [3.8, 4) is 5.75 Å². The van der Waals surface area contributed by atoms with Gasteiger partial charge >= 0.3 is 0 Å². The van der Waals surface area contributed by atoms with Crippen molar-refractivity contribution in [1.29, 1.82) is 0 Å². The van der Waals surface area contributed by atoms with E-state index in [0.717, 1.165) is 11.3 Å². The standard InChI is InChI=1S/C16H17FN2OS/c1-11(12-5-3-8-15(9-12)20-2)18-16(21)19-14-7-4-6-13(17)10-14/h3-11H,1-2H3,(H2,18,19,21). The molecule has 3 nitrogen and oxygen atoms in total. The van der Waals surface area contributed by atoms with Gasteiger partial charge in [0.2, 0.25) is 0 Å². The van der Waals surface area contributed by atoms with Crippen molar-refractivity contribution in [1.82, 2.24) is 5.32 Å². The molecule has 0 bridgehead atoms. The third-order valence-electron chi connectivity index (χ3n) is 3.02. The van der Waals surface area contributed by atoms with Gasteiger partial charge in [-0.3, -0.25) is 0 Å². The summed E-state index contributed by atoms with van der Waals surface area (Å²) in [6.45, 7) is 1.99. The Morgan fingerprint density at radius 1 is 1.19 bits per heavy atom. The molecule has 0 aliphatic heterocycles. The average Bonchev–Trinajstić information content (AvgIpc) is 2.47. The summed E-state index contributed by atoms with van der Waals surface area (Å²) in [5.41, 5.74) is 1.67. The van der Waals surface area contributed by atoms with Gasteiger partial charge in [-0.05, 0) is 55.0 Å². The number of ether oxygens (including phenoxy) is 1. The Morgan fingerprint density at radius 2 is 1.95 bits per heavy atom. The molecule has 0 aliphatic rings. The molecule has 2 aromatic carbocycles. The van der Waals surface area contributed by atoms with Crippen LogP contribution in [0.25, 0.3) is 0 Å². The van der Waals surface area contributed by atoms with E-state index >= 15 is 0 Å². The number of benzene rings is 2. The van der Waals surface area contributed by atoms with Crippen LogP contribution in [0, 0.1) is 5.82 Å². The molecule has 0 heterocycles. The Hall–Kier alpha value is -2.14. The number of anilines is 1. The van der Waals surface area contributed by atoms with E-state index in [9.17, 15) is 4.39 Å². The van der Waals surface area contributed by atoms with Crippen molar-refractivity contribution in [2.45, 2.75) is 13.0 Å². The predicted molar refractivity (Wildman–Crippen MR) is 87.2 cm³/mol. The zero-order valence-electron chi connectivity index (χ0n) is 11.9. The van der Waals surface area contributed by atoms with Crippen molar-refractivity contribution in [2.75, 3.05) is 12.4 Å². The van der Waals surface area contributed by atoms with E-state index < -0.39 is 0 Å². The quantitative estimate of drug-likeness (QED) is 0.840. The van der Waals surface area contributed by atoms with Crippen LogP contribution < -0.4 is 15.4 Å². The summed E-state index contributed by atoms with van der Waals surface area (Å²) in [6.07, 6.45) is 0. The summed E-state index contributed by atoms with van der Waals surface area (Å²) in [5.74, 6) is 0.494. The first-order valence-electron chi connectivity index (χ1n) is 6.55. The zero-order chi connectivity index (χ0) is 15.2. The van der Waals surface area contributed by atoms with Gasteiger partial charge in [-0.15, -0.1) is 0 Å². The molecule has 1 unspecified atom stereocenters. The molecule has 1 atom stereocenters. The lowest BCUT2D eigenvalue weighted by Crippen LogP contribution is -2.30. The van der Waals surface area contributed by atoms with Crippen LogP contribution in [0.4, 0.5) is 10.1 Å². The summed E-state index contributed by atoms with van der Waals surface area (Å²) < 4.78 is 18.3. The maximum Gasteiger partial charge on any atom is 0.171 e. The Kier molecular flexibility index (Phi) is 5.11. The number of hydrogen-bond acceptors (Lipinski definition) is 2. The number of halogens is 1. The minimum Gasteiger partial charge on any atom is -0.497 e. The summed E-state index contributed by atoms with van der Waals surface area (Å²) in [5, 5.41) is 6.56. The lowest BCUT2D eigenvalue weighted by Gasteiger charge is -2.18. The molecule has 2 rings (SSSR count). The molecule has 0 aliphatic carbocycles. The third-order valence-corrected chi connectivity index (χ3v) is 3.24. The lowest BCUT2D eigenvalue weighted by atomic mass is 10.1. The van der Waals surface area contributed by atoms with Crippen LogP contribution in [0.5, 0.6) is 5.75 Å². The summed E-state index contributed by atoms with van der Waals surface area (Å²) in [4.78, 5) is 0. The average molecular weight is 304 g/mol. The second-order valence-corrected chi connectivity index (χ2v) is 5.02. The van der Waals surface area contributed by atoms with Crippen LogP contribution in [0.2, 0.25) is 0 Å². The van der Waals surface area contributed by atoms with Gasteiger partial charge in [0.1, 0.15) is 11.6 Å². The van der Waals surface area contributed by atoms with Crippen LogP contribution in [0.15, 0.2) is 48.5 Å². The molecule has 110 valence electrons. The predicted octanol–water partition coefficient (Wildman–Crippen LogP) is 3.88. The molecule has 0 saturated heterocycles.